The summed E-state index contributed by atoms with van der Waals surface area (Å²) in [5, 5.41) is 0. The van der Waals surface area contributed by atoms with Crippen molar-refractivity contribution in [2.75, 3.05) is 11.5 Å². The van der Waals surface area contributed by atoms with Crippen molar-refractivity contribution in [2.24, 2.45) is 0 Å². The average Bonchev–Trinajstić information content (AvgIpc) is 3.37. The lowest BCUT2D eigenvalue weighted by molar-refractivity contribution is -0.164. The summed E-state index contributed by atoms with van der Waals surface area (Å²) in [6.07, 6.45) is -2.47. The van der Waals surface area contributed by atoms with Crippen LogP contribution in [0.15, 0.2) is 119 Å². The van der Waals surface area contributed by atoms with Crippen LogP contribution in [0.1, 0.15) is 36.1 Å². The van der Waals surface area contributed by atoms with Crippen LogP contribution in [0.5, 0.6) is 0 Å². The Kier molecular flexibility index (Phi) is 11.5. The van der Waals surface area contributed by atoms with Gasteiger partial charge < -0.3 is 18.9 Å². The summed E-state index contributed by atoms with van der Waals surface area (Å²) in [6, 6.07) is 35.2. The molecule has 5 rings (SSSR count). The van der Waals surface area contributed by atoms with E-state index in [0.717, 1.165) is 32.0 Å². The van der Waals surface area contributed by atoms with Gasteiger partial charge in [-0.3, -0.25) is 8.42 Å². The first kappa shape index (κ1) is 33.4. The smallest absolute Gasteiger partial charge is 0.164 e. The van der Waals surface area contributed by atoms with Gasteiger partial charge in [0.25, 0.3) is 0 Å². The second-order valence-corrected chi connectivity index (χ2v) is 14.9. The number of aryl methyl sites for hydroxylation is 2. The maximum absolute atomic E-state index is 13.7. The fourth-order valence-electron chi connectivity index (χ4n) is 5.29. The molecule has 0 N–H and O–H groups in total. The van der Waals surface area contributed by atoms with Gasteiger partial charge in [0.1, 0.15) is 12.2 Å². The van der Waals surface area contributed by atoms with Gasteiger partial charge in [0.2, 0.25) is 0 Å². The normalized spacial score (nSPS) is 20.4. The Bertz CT molecular complexity index is 1420. The Morgan fingerprint density at radius 3 is 1.31 bits per heavy atom. The summed E-state index contributed by atoms with van der Waals surface area (Å²) < 4.78 is 53.6. The van der Waals surface area contributed by atoms with E-state index >= 15 is 0 Å². The van der Waals surface area contributed by atoms with Crippen molar-refractivity contribution < 1.29 is 27.4 Å². The molecule has 0 bridgehead atoms. The minimum absolute atomic E-state index is 0.197. The SMILES string of the molecule is Cc1ccc([S@](=O)C[C@@H](OCc2ccccc2)[C@@H]2OC(C)(C)O[C@H]2[C@@H](C[S@@](=O)c2ccc(C)cc2)OCc2ccccc2)cc1. The minimum Gasteiger partial charge on any atom is -0.370 e. The molecule has 1 aliphatic rings. The van der Waals surface area contributed by atoms with E-state index in [1.807, 2.05) is 137 Å². The largest absolute Gasteiger partial charge is 0.370 e. The Labute approximate surface area is 272 Å². The van der Waals surface area contributed by atoms with Gasteiger partial charge in [-0.2, -0.15) is 0 Å². The van der Waals surface area contributed by atoms with Crippen molar-refractivity contribution in [3.8, 4) is 0 Å². The molecular weight excluding hydrogens is 605 g/mol. The van der Waals surface area contributed by atoms with Gasteiger partial charge in [0.15, 0.2) is 5.79 Å². The fraction of sp³-hybridized carbons (Fsp3) is 0.351. The lowest BCUT2D eigenvalue weighted by Gasteiger charge is -2.31. The zero-order valence-corrected chi connectivity index (χ0v) is 27.9. The molecule has 6 atom stereocenters. The van der Waals surface area contributed by atoms with Crippen LogP contribution in [0.3, 0.4) is 0 Å². The van der Waals surface area contributed by atoms with Gasteiger partial charge >= 0.3 is 0 Å². The summed E-state index contributed by atoms with van der Waals surface area (Å²) in [7, 11) is -2.73. The molecule has 0 saturated carbocycles. The van der Waals surface area contributed by atoms with Crippen LogP contribution in [0, 0.1) is 13.8 Å². The van der Waals surface area contributed by atoms with Crippen molar-refractivity contribution in [2.45, 2.75) is 80.9 Å². The van der Waals surface area contributed by atoms with Crippen molar-refractivity contribution in [3.05, 3.63) is 131 Å². The van der Waals surface area contributed by atoms with E-state index in [1.165, 1.54) is 0 Å². The van der Waals surface area contributed by atoms with Gasteiger partial charge in [-0.15, -0.1) is 0 Å². The van der Waals surface area contributed by atoms with Crippen LogP contribution in [-0.2, 0) is 53.8 Å². The maximum Gasteiger partial charge on any atom is 0.164 e. The molecule has 1 saturated heterocycles. The lowest BCUT2D eigenvalue weighted by Crippen LogP contribution is -2.48. The van der Waals surface area contributed by atoms with E-state index in [-0.39, 0.29) is 11.5 Å². The van der Waals surface area contributed by atoms with E-state index in [1.54, 1.807) is 0 Å². The molecule has 4 aromatic rings. The van der Waals surface area contributed by atoms with Crippen LogP contribution in [-0.4, -0.2) is 50.1 Å². The number of hydrogen-bond donors (Lipinski definition) is 0. The van der Waals surface area contributed by atoms with Crippen molar-refractivity contribution in [3.63, 3.8) is 0 Å². The molecule has 1 heterocycles. The van der Waals surface area contributed by atoms with E-state index in [2.05, 4.69) is 0 Å². The molecule has 1 fully saturated rings. The Morgan fingerprint density at radius 2 is 0.956 bits per heavy atom. The third kappa shape index (κ3) is 9.51. The predicted octanol–water partition coefficient (Wildman–Crippen LogP) is 6.91. The van der Waals surface area contributed by atoms with Crippen LogP contribution in [0.25, 0.3) is 0 Å². The molecule has 45 heavy (non-hydrogen) atoms. The maximum atomic E-state index is 13.7. The summed E-state index contributed by atoms with van der Waals surface area (Å²) in [5.41, 5.74) is 4.19. The second kappa shape index (κ2) is 15.5. The molecule has 4 aromatic carbocycles. The van der Waals surface area contributed by atoms with Crippen LogP contribution in [0.4, 0.5) is 0 Å². The lowest BCUT2D eigenvalue weighted by atomic mass is 10.0. The zero-order chi connectivity index (χ0) is 31.8. The van der Waals surface area contributed by atoms with Crippen LogP contribution >= 0.6 is 0 Å². The molecule has 0 radical (unpaired) electrons. The first-order valence-electron chi connectivity index (χ1n) is 15.2. The summed E-state index contributed by atoms with van der Waals surface area (Å²) in [4.78, 5) is 1.45. The minimum atomic E-state index is -1.37. The molecule has 238 valence electrons. The van der Waals surface area contributed by atoms with E-state index < -0.39 is 51.8 Å². The van der Waals surface area contributed by atoms with Gasteiger partial charge in [0.05, 0.1) is 58.5 Å². The Balaban J connectivity index is 1.45. The van der Waals surface area contributed by atoms with Crippen molar-refractivity contribution >= 4 is 21.6 Å². The molecule has 8 heteroatoms. The quantitative estimate of drug-likeness (QED) is 0.148. The summed E-state index contributed by atoms with van der Waals surface area (Å²) in [6.45, 7) is 8.35. The molecule has 6 nitrogen and oxygen atoms in total. The van der Waals surface area contributed by atoms with Crippen LogP contribution in [0.2, 0.25) is 0 Å². The summed E-state index contributed by atoms with van der Waals surface area (Å²) in [5.74, 6) is -0.569. The van der Waals surface area contributed by atoms with Gasteiger partial charge in [-0.05, 0) is 63.1 Å². The standard InChI is InChI=1S/C37H42O6S2/c1-27-15-19-31(20-16-27)44(38)25-33(40-23-29-11-7-5-8-12-29)35-36(43-37(3,4)42-35)34(41-24-30-13-9-6-10-14-30)26-45(39)32-21-17-28(2)18-22-32/h5-22,33-36H,23-26H2,1-4H3/t33-,34-,35+,36+,44-,45-/m1/s1. The molecule has 0 unspecified atom stereocenters. The number of ether oxygens (including phenoxy) is 4. The highest BCUT2D eigenvalue weighted by Gasteiger charge is 2.50. The fourth-order valence-corrected chi connectivity index (χ4v) is 7.73. The second-order valence-electron chi connectivity index (χ2n) is 11.9. The van der Waals surface area contributed by atoms with Crippen molar-refractivity contribution in [1.29, 1.82) is 0 Å². The van der Waals surface area contributed by atoms with E-state index in [0.29, 0.717) is 13.2 Å². The molecule has 1 aliphatic heterocycles. The number of rotatable bonds is 14. The van der Waals surface area contributed by atoms with E-state index in [9.17, 15) is 8.42 Å². The highest BCUT2D eigenvalue weighted by atomic mass is 32.2. The van der Waals surface area contributed by atoms with Crippen molar-refractivity contribution in [1.82, 2.24) is 0 Å². The highest BCUT2D eigenvalue weighted by molar-refractivity contribution is 7.85. The predicted molar refractivity (Wildman–Crippen MR) is 179 cm³/mol. The molecular formula is C37H42O6S2. The highest BCUT2D eigenvalue weighted by Crippen LogP contribution is 2.35. The molecule has 0 spiro atoms. The average molecular weight is 647 g/mol. The monoisotopic (exact) mass is 646 g/mol. The Morgan fingerprint density at radius 1 is 0.600 bits per heavy atom. The molecule has 0 aromatic heterocycles. The molecule has 0 amide bonds. The summed E-state index contributed by atoms with van der Waals surface area (Å²) >= 11 is 0. The number of hydrogen-bond acceptors (Lipinski definition) is 6. The van der Waals surface area contributed by atoms with Gasteiger partial charge in [-0.25, -0.2) is 0 Å². The van der Waals surface area contributed by atoms with E-state index in [4.69, 9.17) is 18.9 Å². The molecule has 0 aliphatic carbocycles. The topological polar surface area (TPSA) is 71.1 Å². The van der Waals surface area contributed by atoms with Crippen LogP contribution < -0.4 is 0 Å². The zero-order valence-electron chi connectivity index (χ0n) is 26.3. The Hall–Kier alpha value is -2.98. The van der Waals surface area contributed by atoms with Gasteiger partial charge in [-0.1, -0.05) is 96.1 Å². The third-order valence-electron chi connectivity index (χ3n) is 7.71. The first-order chi connectivity index (χ1) is 21.7. The third-order valence-corrected chi connectivity index (χ3v) is 10.6. The van der Waals surface area contributed by atoms with Gasteiger partial charge in [0, 0.05) is 9.79 Å². The number of benzene rings is 4. The first-order valence-corrected chi connectivity index (χ1v) is 17.9.